The molecule has 1 aromatic rings. The Hall–Kier alpha value is 0.1000. The van der Waals surface area contributed by atoms with Gasteiger partial charge >= 0.3 is 0 Å². The summed E-state index contributed by atoms with van der Waals surface area (Å²) in [4.78, 5) is 1.42. The van der Waals surface area contributed by atoms with Gasteiger partial charge in [-0.2, -0.15) is 0 Å². The first-order valence-corrected chi connectivity index (χ1v) is 7.17. The zero-order valence-electron chi connectivity index (χ0n) is 9.75. The molecule has 2 rings (SSSR count). The van der Waals surface area contributed by atoms with Crippen molar-refractivity contribution in [3.63, 3.8) is 0 Å². The van der Waals surface area contributed by atoms with Gasteiger partial charge in [-0.25, -0.2) is 0 Å². The molecule has 0 atom stereocenters. The van der Waals surface area contributed by atoms with E-state index >= 15 is 0 Å². The maximum atomic E-state index is 5.83. The molecule has 90 valence electrons. The summed E-state index contributed by atoms with van der Waals surface area (Å²) < 4.78 is 6.61. The van der Waals surface area contributed by atoms with Crippen molar-refractivity contribution >= 4 is 27.3 Å². The molecule has 2 N–H and O–H groups in total. The highest BCUT2D eigenvalue weighted by atomic mass is 79.9. The van der Waals surface area contributed by atoms with Crippen molar-refractivity contribution in [3.8, 4) is 0 Å². The van der Waals surface area contributed by atoms with E-state index in [1.54, 1.807) is 0 Å². The van der Waals surface area contributed by atoms with Crippen LogP contribution in [-0.2, 0) is 10.2 Å². The van der Waals surface area contributed by atoms with Crippen molar-refractivity contribution < 1.29 is 4.74 Å². The number of hydrogen-bond donors (Lipinski definition) is 1. The molecule has 1 saturated heterocycles. The third-order valence-corrected chi connectivity index (χ3v) is 5.15. The fourth-order valence-electron chi connectivity index (χ4n) is 2.26. The summed E-state index contributed by atoms with van der Waals surface area (Å²) in [5, 5.41) is 2.14. The van der Waals surface area contributed by atoms with Crippen LogP contribution in [0.15, 0.2) is 15.9 Å². The van der Waals surface area contributed by atoms with Gasteiger partial charge < -0.3 is 10.5 Å². The summed E-state index contributed by atoms with van der Waals surface area (Å²) in [6, 6.07) is 2.22. The Labute approximate surface area is 109 Å². The normalized spacial score (nSPS) is 19.5. The van der Waals surface area contributed by atoms with E-state index in [4.69, 9.17) is 10.5 Å². The van der Waals surface area contributed by atoms with Gasteiger partial charge in [0.25, 0.3) is 0 Å². The molecule has 2 heterocycles. The van der Waals surface area contributed by atoms with Crippen LogP contribution in [0.2, 0.25) is 0 Å². The molecular formula is C12H18BrNOS. The van der Waals surface area contributed by atoms with Gasteiger partial charge in [0.1, 0.15) is 0 Å². The maximum absolute atomic E-state index is 5.83. The monoisotopic (exact) mass is 303 g/mol. The third-order valence-electron chi connectivity index (χ3n) is 3.22. The number of hydrogen-bond acceptors (Lipinski definition) is 3. The van der Waals surface area contributed by atoms with Crippen LogP contribution in [0.5, 0.6) is 0 Å². The van der Waals surface area contributed by atoms with Gasteiger partial charge in [0, 0.05) is 14.7 Å². The van der Waals surface area contributed by atoms with Crippen LogP contribution in [0.1, 0.15) is 25.1 Å². The SMILES string of the molecule is CC(C)(CN)CC1(c2cc(Br)cs2)COC1. The average molecular weight is 304 g/mol. The van der Waals surface area contributed by atoms with Crippen LogP contribution in [0.25, 0.3) is 0 Å². The molecule has 1 aliphatic rings. The molecule has 1 aromatic heterocycles. The zero-order valence-corrected chi connectivity index (χ0v) is 12.2. The second-order valence-electron chi connectivity index (χ2n) is 5.45. The molecule has 1 aliphatic heterocycles. The Balaban J connectivity index is 2.20. The van der Waals surface area contributed by atoms with Crippen molar-refractivity contribution in [3.05, 3.63) is 20.8 Å². The standard InChI is InChI=1S/C12H18BrNOS/c1-11(2,6-14)5-12(7-15-8-12)10-3-9(13)4-16-10/h3-4H,5-8,14H2,1-2H3. The largest absolute Gasteiger partial charge is 0.379 e. The van der Waals surface area contributed by atoms with E-state index in [9.17, 15) is 0 Å². The lowest BCUT2D eigenvalue weighted by Crippen LogP contribution is -2.50. The van der Waals surface area contributed by atoms with Crippen LogP contribution in [0, 0.1) is 5.41 Å². The van der Waals surface area contributed by atoms with E-state index in [-0.39, 0.29) is 10.8 Å². The number of halogens is 1. The van der Waals surface area contributed by atoms with E-state index in [1.165, 1.54) is 9.35 Å². The predicted molar refractivity (Wildman–Crippen MR) is 72.0 cm³/mol. The molecule has 2 nitrogen and oxygen atoms in total. The molecule has 0 bridgehead atoms. The molecule has 0 spiro atoms. The van der Waals surface area contributed by atoms with Crippen molar-refractivity contribution in [1.82, 2.24) is 0 Å². The van der Waals surface area contributed by atoms with Crippen molar-refractivity contribution in [2.24, 2.45) is 11.1 Å². The third kappa shape index (κ3) is 2.35. The molecule has 0 aromatic carbocycles. The fourth-order valence-corrected chi connectivity index (χ4v) is 3.86. The van der Waals surface area contributed by atoms with Gasteiger partial charge in [-0.15, -0.1) is 11.3 Å². The van der Waals surface area contributed by atoms with Gasteiger partial charge in [-0.1, -0.05) is 13.8 Å². The number of nitrogens with two attached hydrogens (primary N) is 1. The summed E-state index contributed by atoms with van der Waals surface area (Å²) in [6.45, 7) is 6.86. The van der Waals surface area contributed by atoms with Crippen LogP contribution in [0.3, 0.4) is 0 Å². The van der Waals surface area contributed by atoms with Crippen molar-refractivity contribution in [2.75, 3.05) is 19.8 Å². The highest BCUT2D eigenvalue weighted by Crippen LogP contribution is 2.44. The zero-order chi connectivity index (χ0) is 11.8. The number of rotatable bonds is 4. The van der Waals surface area contributed by atoms with Gasteiger partial charge in [-0.3, -0.25) is 0 Å². The summed E-state index contributed by atoms with van der Waals surface area (Å²) in [5.41, 5.74) is 6.22. The first-order chi connectivity index (χ1) is 7.47. The van der Waals surface area contributed by atoms with Gasteiger partial charge in [0.05, 0.1) is 18.6 Å². The summed E-state index contributed by atoms with van der Waals surface area (Å²) >= 11 is 5.34. The van der Waals surface area contributed by atoms with E-state index in [1.807, 2.05) is 11.3 Å². The van der Waals surface area contributed by atoms with Crippen molar-refractivity contribution in [1.29, 1.82) is 0 Å². The Kier molecular flexibility index (Phi) is 3.46. The summed E-state index contributed by atoms with van der Waals surface area (Å²) in [7, 11) is 0. The first kappa shape index (κ1) is 12.6. The quantitative estimate of drug-likeness (QED) is 0.927. The van der Waals surface area contributed by atoms with Crippen LogP contribution in [0.4, 0.5) is 0 Å². The molecule has 16 heavy (non-hydrogen) atoms. The Bertz CT molecular complexity index is 371. The molecule has 1 fully saturated rings. The molecule has 0 unspecified atom stereocenters. The average Bonchev–Trinajstić information content (AvgIpc) is 2.59. The minimum Gasteiger partial charge on any atom is -0.379 e. The predicted octanol–water partition coefficient (Wildman–Crippen LogP) is 3.15. The summed E-state index contributed by atoms with van der Waals surface area (Å²) in [5.74, 6) is 0. The highest BCUT2D eigenvalue weighted by molar-refractivity contribution is 9.10. The lowest BCUT2D eigenvalue weighted by molar-refractivity contribution is -0.0767. The molecule has 0 radical (unpaired) electrons. The Morgan fingerprint density at radius 3 is 2.62 bits per heavy atom. The van der Waals surface area contributed by atoms with Gasteiger partial charge in [0.2, 0.25) is 0 Å². The van der Waals surface area contributed by atoms with E-state index in [2.05, 4.69) is 41.2 Å². The van der Waals surface area contributed by atoms with Crippen molar-refractivity contribution in [2.45, 2.75) is 25.7 Å². The number of thiophene rings is 1. The summed E-state index contributed by atoms with van der Waals surface area (Å²) in [6.07, 6.45) is 1.10. The molecule has 0 amide bonds. The lowest BCUT2D eigenvalue weighted by atomic mass is 9.70. The molecule has 0 aliphatic carbocycles. The van der Waals surface area contributed by atoms with Gasteiger partial charge in [-0.05, 0) is 40.4 Å². The topological polar surface area (TPSA) is 35.2 Å². The molecule has 4 heteroatoms. The number of ether oxygens (including phenoxy) is 1. The van der Waals surface area contributed by atoms with E-state index in [0.717, 1.165) is 26.2 Å². The van der Waals surface area contributed by atoms with Crippen LogP contribution >= 0.6 is 27.3 Å². The van der Waals surface area contributed by atoms with E-state index in [0.29, 0.717) is 0 Å². The second-order valence-corrected chi connectivity index (χ2v) is 7.27. The van der Waals surface area contributed by atoms with E-state index < -0.39 is 0 Å². The van der Waals surface area contributed by atoms with Gasteiger partial charge in [0.15, 0.2) is 0 Å². The molecule has 0 saturated carbocycles. The smallest absolute Gasteiger partial charge is 0.0593 e. The minimum atomic E-state index is 0.181. The maximum Gasteiger partial charge on any atom is 0.0593 e. The molecular weight excluding hydrogens is 286 g/mol. The van der Waals surface area contributed by atoms with Crippen LogP contribution < -0.4 is 5.73 Å². The highest BCUT2D eigenvalue weighted by Gasteiger charge is 2.44. The second kappa shape index (κ2) is 4.41. The Morgan fingerprint density at radius 2 is 2.25 bits per heavy atom. The Morgan fingerprint density at radius 1 is 1.56 bits per heavy atom. The lowest BCUT2D eigenvalue weighted by Gasteiger charge is -2.45. The fraction of sp³-hybridized carbons (Fsp3) is 0.667. The first-order valence-electron chi connectivity index (χ1n) is 5.50. The van der Waals surface area contributed by atoms with Crippen LogP contribution in [-0.4, -0.2) is 19.8 Å². The minimum absolute atomic E-state index is 0.181.